The lowest BCUT2D eigenvalue weighted by atomic mass is 10.1. The number of hydrogen-bond donors (Lipinski definition) is 1. The number of rotatable bonds is 9. The van der Waals surface area contributed by atoms with Crippen LogP contribution in [0.25, 0.3) is 0 Å². The first-order valence-corrected chi connectivity index (χ1v) is 6.77. The Morgan fingerprint density at radius 1 is 1.33 bits per heavy atom. The molecule has 0 saturated carbocycles. The minimum atomic E-state index is 0.121. The molecule has 0 amide bonds. The lowest BCUT2D eigenvalue weighted by Gasteiger charge is -2.14. The molecule has 2 atom stereocenters. The fourth-order valence-electron chi connectivity index (χ4n) is 1.92. The molecule has 1 heterocycles. The molecule has 0 saturated heterocycles. The Balaban J connectivity index is 2.50. The molecule has 2 unspecified atom stereocenters. The summed E-state index contributed by atoms with van der Waals surface area (Å²) in [5, 5.41) is 7.42. The van der Waals surface area contributed by atoms with Gasteiger partial charge < -0.3 is 14.6 Å². The highest BCUT2D eigenvalue weighted by Crippen LogP contribution is 2.08. The molecular weight excluding hydrogens is 230 g/mol. The summed E-state index contributed by atoms with van der Waals surface area (Å²) < 4.78 is 10.5. The van der Waals surface area contributed by atoms with E-state index in [1.165, 1.54) is 0 Å². The van der Waals surface area contributed by atoms with Gasteiger partial charge in [-0.2, -0.15) is 4.98 Å². The van der Waals surface area contributed by atoms with Gasteiger partial charge in [0.05, 0.1) is 6.10 Å². The molecule has 18 heavy (non-hydrogen) atoms. The third-order valence-corrected chi connectivity index (χ3v) is 2.93. The van der Waals surface area contributed by atoms with Crippen LogP contribution in [0, 0.1) is 0 Å². The average molecular weight is 255 g/mol. The van der Waals surface area contributed by atoms with E-state index >= 15 is 0 Å². The summed E-state index contributed by atoms with van der Waals surface area (Å²) in [6.45, 7) is 7.26. The molecule has 1 aromatic rings. The van der Waals surface area contributed by atoms with Crippen LogP contribution in [-0.4, -0.2) is 35.9 Å². The van der Waals surface area contributed by atoms with Crippen molar-refractivity contribution in [3.63, 3.8) is 0 Å². The van der Waals surface area contributed by atoms with Crippen molar-refractivity contribution < 1.29 is 9.26 Å². The highest BCUT2D eigenvalue weighted by molar-refractivity contribution is 4.91. The van der Waals surface area contributed by atoms with Gasteiger partial charge in [0.2, 0.25) is 5.89 Å². The maximum absolute atomic E-state index is 5.28. The Kier molecular flexibility index (Phi) is 6.90. The second-order valence-corrected chi connectivity index (χ2v) is 4.60. The summed E-state index contributed by atoms with van der Waals surface area (Å²) >= 11 is 0. The topological polar surface area (TPSA) is 60.2 Å². The van der Waals surface area contributed by atoms with E-state index in [2.05, 4.69) is 29.3 Å². The summed E-state index contributed by atoms with van der Waals surface area (Å²) in [6.07, 6.45) is 3.89. The molecule has 0 aliphatic heterocycles. The summed E-state index contributed by atoms with van der Waals surface area (Å²) in [7, 11) is 1.69. The highest BCUT2D eigenvalue weighted by atomic mass is 16.5. The number of likely N-dealkylation sites (N-methyl/N-ethyl adjacent to an activating group) is 1. The number of nitrogens with zero attached hydrogens (tertiary/aromatic N) is 2. The zero-order chi connectivity index (χ0) is 13.4. The quantitative estimate of drug-likeness (QED) is 0.731. The van der Waals surface area contributed by atoms with Crippen molar-refractivity contribution in [2.75, 3.05) is 13.7 Å². The predicted molar refractivity (Wildman–Crippen MR) is 70.5 cm³/mol. The zero-order valence-electron chi connectivity index (χ0n) is 11.9. The van der Waals surface area contributed by atoms with Gasteiger partial charge in [0, 0.05) is 26.0 Å². The van der Waals surface area contributed by atoms with Crippen LogP contribution >= 0.6 is 0 Å². The first-order chi connectivity index (χ1) is 8.69. The molecule has 0 spiro atoms. The van der Waals surface area contributed by atoms with Gasteiger partial charge in [0.25, 0.3) is 0 Å². The van der Waals surface area contributed by atoms with Gasteiger partial charge in [-0.05, 0) is 19.9 Å². The van der Waals surface area contributed by atoms with Crippen LogP contribution in [0.4, 0.5) is 0 Å². The highest BCUT2D eigenvalue weighted by Gasteiger charge is 2.14. The first-order valence-electron chi connectivity index (χ1n) is 6.77. The average Bonchev–Trinajstić information content (AvgIpc) is 2.77. The van der Waals surface area contributed by atoms with Crippen molar-refractivity contribution in [3.8, 4) is 0 Å². The number of nitrogens with one attached hydrogen (secondary N) is 1. The normalized spacial score (nSPS) is 14.7. The first kappa shape index (κ1) is 15.1. The van der Waals surface area contributed by atoms with Crippen LogP contribution in [0.2, 0.25) is 0 Å². The van der Waals surface area contributed by atoms with Crippen LogP contribution in [0.3, 0.4) is 0 Å². The molecule has 1 rings (SSSR count). The van der Waals surface area contributed by atoms with E-state index in [0.717, 1.165) is 31.6 Å². The van der Waals surface area contributed by atoms with Crippen LogP contribution in [0.15, 0.2) is 4.52 Å². The van der Waals surface area contributed by atoms with E-state index < -0.39 is 0 Å². The minimum Gasteiger partial charge on any atom is -0.381 e. The van der Waals surface area contributed by atoms with Gasteiger partial charge in [0.1, 0.15) is 0 Å². The standard InChI is InChI=1S/C13H25N3O2/c1-5-7-11(14-6-2)9-13-15-12(16-18-13)8-10(3)17-4/h10-11,14H,5-9H2,1-4H3. The molecule has 0 fully saturated rings. The smallest absolute Gasteiger partial charge is 0.228 e. The molecule has 0 aliphatic carbocycles. The summed E-state index contributed by atoms with van der Waals surface area (Å²) in [5.41, 5.74) is 0. The van der Waals surface area contributed by atoms with Crippen LogP contribution in [0.5, 0.6) is 0 Å². The maximum atomic E-state index is 5.28. The summed E-state index contributed by atoms with van der Waals surface area (Å²) in [4.78, 5) is 4.40. The lowest BCUT2D eigenvalue weighted by molar-refractivity contribution is 0.116. The largest absolute Gasteiger partial charge is 0.381 e. The van der Waals surface area contributed by atoms with Gasteiger partial charge in [-0.1, -0.05) is 25.4 Å². The Labute approximate surface area is 109 Å². The number of hydrogen-bond acceptors (Lipinski definition) is 5. The minimum absolute atomic E-state index is 0.121. The molecule has 1 N–H and O–H groups in total. The zero-order valence-corrected chi connectivity index (χ0v) is 11.9. The van der Waals surface area contributed by atoms with Crippen molar-refractivity contribution in [2.24, 2.45) is 0 Å². The number of aromatic nitrogens is 2. The molecule has 5 nitrogen and oxygen atoms in total. The van der Waals surface area contributed by atoms with E-state index in [1.54, 1.807) is 7.11 Å². The van der Waals surface area contributed by atoms with Crippen molar-refractivity contribution in [2.45, 2.75) is 58.6 Å². The predicted octanol–water partition coefficient (Wildman–Crippen LogP) is 1.97. The Hall–Kier alpha value is -0.940. The Morgan fingerprint density at radius 3 is 2.72 bits per heavy atom. The molecule has 1 aromatic heterocycles. The third-order valence-electron chi connectivity index (χ3n) is 2.93. The van der Waals surface area contributed by atoms with Crippen molar-refractivity contribution in [1.29, 1.82) is 0 Å². The van der Waals surface area contributed by atoms with Crippen LogP contribution in [-0.2, 0) is 17.6 Å². The molecule has 0 aromatic carbocycles. The van der Waals surface area contributed by atoms with Gasteiger partial charge in [-0.25, -0.2) is 0 Å². The van der Waals surface area contributed by atoms with Crippen molar-refractivity contribution in [1.82, 2.24) is 15.5 Å². The Morgan fingerprint density at radius 2 is 2.11 bits per heavy atom. The van der Waals surface area contributed by atoms with Gasteiger partial charge in [-0.15, -0.1) is 0 Å². The Bertz CT molecular complexity index is 322. The third kappa shape index (κ3) is 5.14. The molecular formula is C13H25N3O2. The molecule has 5 heteroatoms. The van der Waals surface area contributed by atoms with E-state index in [0.29, 0.717) is 18.4 Å². The number of methoxy groups -OCH3 is 1. The van der Waals surface area contributed by atoms with Gasteiger partial charge >= 0.3 is 0 Å². The number of ether oxygens (including phenoxy) is 1. The fraction of sp³-hybridized carbons (Fsp3) is 0.846. The second-order valence-electron chi connectivity index (χ2n) is 4.60. The fourth-order valence-corrected chi connectivity index (χ4v) is 1.92. The molecule has 0 bridgehead atoms. The van der Waals surface area contributed by atoms with E-state index in [9.17, 15) is 0 Å². The lowest BCUT2D eigenvalue weighted by Crippen LogP contribution is -2.30. The summed E-state index contributed by atoms with van der Waals surface area (Å²) in [6, 6.07) is 0.424. The SMILES string of the molecule is CCCC(Cc1nc(CC(C)OC)no1)NCC. The summed E-state index contributed by atoms with van der Waals surface area (Å²) in [5.74, 6) is 1.44. The van der Waals surface area contributed by atoms with Gasteiger partial charge in [0.15, 0.2) is 5.82 Å². The van der Waals surface area contributed by atoms with E-state index in [4.69, 9.17) is 9.26 Å². The monoisotopic (exact) mass is 255 g/mol. The second kappa shape index (κ2) is 8.21. The molecule has 0 aliphatic rings. The van der Waals surface area contributed by atoms with Crippen molar-refractivity contribution in [3.05, 3.63) is 11.7 Å². The van der Waals surface area contributed by atoms with Crippen LogP contribution in [0.1, 0.15) is 45.3 Å². The maximum Gasteiger partial charge on any atom is 0.228 e. The molecule has 0 radical (unpaired) electrons. The van der Waals surface area contributed by atoms with Gasteiger partial charge in [-0.3, -0.25) is 0 Å². The van der Waals surface area contributed by atoms with Crippen molar-refractivity contribution >= 4 is 0 Å². The molecule has 104 valence electrons. The van der Waals surface area contributed by atoms with E-state index in [-0.39, 0.29) is 6.10 Å². The van der Waals surface area contributed by atoms with Crippen LogP contribution < -0.4 is 5.32 Å². The van der Waals surface area contributed by atoms with E-state index in [1.807, 2.05) is 6.92 Å².